The van der Waals surface area contributed by atoms with Crippen molar-refractivity contribution >= 4 is 0 Å². The second kappa shape index (κ2) is 2.34. The first-order valence-corrected chi connectivity index (χ1v) is 5.09. The summed E-state index contributed by atoms with van der Waals surface area (Å²) in [6.07, 6.45) is 6.54. The molecule has 13 heavy (non-hydrogen) atoms. The van der Waals surface area contributed by atoms with Crippen LogP contribution in [0, 0.1) is 12.8 Å². The lowest BCUT2D eigenvalue weighted by atomic mass is 9.84. The van der Waals surface area contributed by atoms with Crippen molar-refractivity contribution in [3.63, 3.8) is 0 Å². The molecule has 0 spiro atoms. The molecule has 1 aromatic heterocycles. The van der Waals surface area contributed by atoms with Gasteiger partial charge in [-0.05, 0) is 44.9 Å². The highest BCUT2D eigenvalue weighted by molar-refractivity contribution is 5.13. The largest absolute Gasteiger partial charge is 0.339 e. The fraction of sp³-hybridized carbons (Fsp3) is 0.800. The molecule has 0 amide bonds. The summed E-state index contributed by atoms with van der Waals surface area (Å²) in [6.45, 7) is 1.89. The fourth-order valence-corrected chi connectivity index (χ4v) is 3.00. The van der Waals surface area contributed by atoms with Gasteiger partial charge in [-0.1, -0.05) is 5.16 Å². The third-order valence-electron chi connectivity index (χ3n) is 3.72. The molecule has 2 aliphatic carbocycles. The molecular weight excluding hydrogens is 164 g/mol. The van der Waals surface area contributed by atoms with E-state index in [-0.39, 0.29) is 5.41 Å². The molecule has 0 aromatic carbocycles. The molecular formula is C10H14N2O. The maximum atomic E-state index is 5.31. The van der Waals surface area contributed by atoms with Gasteiger partial charge in [-0.3, -0.25) is 0 Å². The van der Waals surface area contributed by atoms with Crippen molar-refractivity contribution in [3.05, 3.63) is 11.7 Å². The van der Waals surface area contributed by atoms with Crippen LogP contribution >= 0.6 is 0 Å². The predicted molar refractivity (Wildman–Crippen MR) is 47.3 cm³/mol. The number of fused-ring (bicyclic) bond motifs is 2. The van der Waals surface area contributed by atoms with E-state index in [9.17, 15) is 0 Å². The van der Waals surface area contributed by atoms with Crippen molar-refractivity contribution in [2.24, 2.45) is 5.92 Å². The first-order chi connectivity index (χ1) is 6.28. The summed E-state index contributed by atoms with van der Waals surface area (Å²) in [7, 11) is 0. The Labute approximate surface area is 77.5 Å². The van der Waals surface area contributed by atoms with E-state index in [0.717, 1.165) is 17.6 Å². The zero-order chi connectivity index (χ0) is 8.89. The molecule has 2 saturated carbocycles. The van der Waals surface area contributed by atoms with E-state index in [1.807, 2.05) is 6.92 Å². The summed E-state index contributed by atoms with van der Waals surface area (Å²) in [5, 5.41) is 3.89. The van der Waals surface area contributed by atoms with Crippen LogP contribution in [0.4, 0.5) is 0 Å². The van der Waals surface area contributed by atoms with Crippen LogP contribution < -0.4 is 0 Å². The third kappa shape index (κ3) is 0.960. The van der Waals surface area contributed by atoms with E-state index in [0.29, 0.717) is 0 Å². The van der Waals surface area contributed by atoms with Crippen molar-refractivity contribution in [2.45, 2.75) is 44.4 Å². The summed E-state index contributed by atoms with van der Waals surface area (Å²) in [5.74, 6) is 2.62. The van der Waals surface area contributed by atoms with Gasteiger partial charge in [-0.25, -0.2) is 0 Å². The zero-order valence-corrected chi connectivity index (χ0v) is 7.92. The summed E-state index contributed by atoms with van der Waals surface area (Å²) < 4.78 is 5.31. The van der Waals surface area contributed by atoms with Crippen molar-refractivity contribution in [1.29, 1.82) is 0 Å². The third-order valence-corrected chi connectivity index (χ3v) is 3.72. The first kappa shape index (κ1) is 7.54. The van der Waals surface area contributed by atoms with Gasteiger partial charge in [0.15, 0.2) is 5.82 Å². The Morgan fingerprint density at radius 1 is 1.38 bits per heavy atom. The van der Waals surface area contributed by atoms with Crippen LogP contribution in [-0.4, -0.2) is 10.1 Å². The Hall–Kier alpha value is -0.860. The smallest absolute Gasteiger partial charge is 0.232 e. The van der Waals surface area contributed by atoms with Crippen LogP contribution in [0.5, 0.6) is 0 Å². The normalized spacial score (nSPS) is 37.2. The van der Waals surface area contributed by atoms with Gasteiger partial charge < -0.3 is 4.52 Å². The minimum Gasteiger partial charge on any atom is -0.339 e. The molecule has 1 heterocycles. The Bertz CT molecular complexity index is 323. The van der Waals surface area contributed by atoms with Crippen LogP contribution in [0.1, 0.15) is 43.8 Å². The molecule has 0 unspecified atom stereocenters. The lowest BCUT2D eigenvalue weighted by Crippen LogP contribution is -2.19. The van der Waals surface area contributed by atoms with E-state index >= 15 is 0 Å². The molecule has 2 aliphatic rings. The van der Waals surface area contributed by atoms with E-state index in [2.05, 4.69) is 10.1 Å². The standard InChI is InChI=1S/C10H14N2O/c1-7-11-9(13-12-7)10-4-2-8(6-10)3-5-10/h8H,2-6H2,1H3. The highest BCUT2D eigenvalue weighted by atomic mass is 16.5. The molecule has 0 aliphatic heterocycles. The molecule has 0 N–H and O–H groups in total. The minimum absolute atomic E-state index is 0.284. The average molecular weight is 178 g/mol. The van der Waals surface area contributed by atoms with Gasteiger partial charge in [0.05, 0.1) is 0 Å². The molecule has 0 atom stereocenters. The van der Waals surface area contributed by atoms with Gasteiger partial charge >= 0.3 is 0 Å². The lowest BCUT2D eigenvalue weighted by Gasteiger charge is -2.20. The van der Waals surface area contributed by atoms with Gasteiger partial charge in [0, 0.05) is 5.41 Å². The van der Waals surface area contributed by atoms with Crippen molar-refractivity contribution in [3.8, 4) is 0 Å². The molecule has 0 radical (unpaired) electrons. The van der Waals surface area contributed by atoms with Crippen LogP contribution in [0.25, 0.3) is 0 Å². The van der Waals surface area contributed by atoms with Crippen molar-refractivity contribution in [2.75, 3.05) is 0 Å². The summed E-state index contributed by atoms with van der Waals surface area (Å²) in [5.41, 5.74) is 0.284. The number of hydrogen-bond acceptors (Lipinski definition) is 3. The SMILES string of the molecule is Cc1noc(C23CCC(CC2)C3)n1. The van der Waals surface area contributed by atoms with E-state index < -0.39 is 0 Å². The van der Waals surface area contributed by atoms with Crippen LogP contribution in [0.2, 0.25) is 0 Å². The molecule has 3 rings (SSSR count). The summed E-state index contributed by atoms with van der Waals surface area (Å²) >= 11 is 0. The van der Waals surface area contributed by atoms with E-state index in [4.69, 9.17) is 4.52 Å². The van der Waals surface area contributed by atoms with E-state index in [1.54, 1.807) is 0 Å². The highest BCUT2D eigenvalue weighted by Gasteiger charge is 2.49. The van der Waals surface area contributed by atoms with Gasteiger partial charge in [0.2, 0.25) is 5.89 Å². The van der Waals surface area contributed by atoms with Gasteiger partial charge in [0.1, 0.15) is 0 Å². The number of aromatic nitrogens is 2. The fourth-order valence-electron chi connectivity index (χ4n) is 3.00. The summed E-state index contributed by atoms with van der Waals surface area (Å²) in [4.78, 5) is 4.38. The first-order valence-electron chi connectivity index (χ1n) is 5.09. The Balaban J connectivity index is 2.00. The van der Waals surface area contributed by atoms with Crippen molar-refractivity contribution in [1.82, 2.24) is 10.1 Å². The Kier molecular flexibility index (Phi) is 1.35. The van der Waals surface area contributed by atoms with Crippen molar-refractivity contribution < 1.29 is 4.52 Å². The maximum Gasteiger partial charge on any atom is 0.232 e. The van der Waals surface area contributed by atoms with Crippen LogP contribution in [0.15, 0.2) is 4.52 Å². The number of hydrogen-bond donors (Lipinski definition) is 0. The van der Waals surface area contributed by atoms with Gasteiger partial charge in [-0.15, -0.1) is 0 Å². The van der Waals surface area contributed by atoms with E-state index in [1.165, 1.54) is 32.1 Å². The molecule has 1 aromatic rings. The average Bonchev–Trinajstić information content (AvgIpc) is 2.77. The zero-order valence-electron chi connectivity index (χ0n) is 7.92. The highest BCUT2D eigenvalue weighted by Crippen LogP contribution is 2.54. The monoisotopic (exact) mass is 178 g/mol. The predicted octanol–water partition coefficient (Wildman–Crippen LogP) is 2.21. The Morgan fingerprint density at radius 2 is 2.15 bits per heavy atom. The molecule has 70 valence electrons. The molecule has 0 saturated heterocycles. The quantitative estimate of drug-likeness (QED) is 0.661. The molecule has 2 bridgehead atoms. The van der Waals surface area contributed by atoms with Crippen LogP contribution in [-0.2, 0) is 5.41 Å². The number of nitrogens with zero attached hydrogens (tertiary/aromatic N) is 2. The Morgan fingerprint density at radius 3 is 2.62 bits per heavy atom. The number of aryl methyl sites for hydroxylation is 1. The number of rotatable bonds is 1. The summed E-state index contributed by atoms with van der Waals surface area (Å²) in [6, 6.07) is 0. The molecule has 3 heteroatoms. The molecule has 2 fully saturated rings. The molecule has 3 nitrogen and oxygen atoms in total. The lowest BCUT2D eigenvalue weighted by molar-refractivity contribution is 0.277. The van der Waals surface area contributed by atoms with Gasteiger partial charge in [0.25, 0.3) is 0 Å². The maximum absolute atomic E-state index is 5.31. The minimum atomic E-state index is 0.284. The second-order valence-corrected chi connectivity index (χ2v) is 4.57. The topological polar surface area (TPSA) is 38.9 Å². The second-order valence-electron chi connectivity index (χ2n) is 4.57. The van der Waals surface area contributed by atoms with Gasteiger partial charge in [-0.2, -0.15) is 4.98 Å². The van der Waals surface area contributed by atoms with Crippen LogP contribution in [0.3, 0.4) is 0 Å².